The molecule has 9 nitrogen and oxygen atoms in total. The normalized spacial score (nSPS) is 11.2. The summed E-state index contributed by atoms with van der Waals surface area (Å²) in [6, 6.07) is 16.5. The standard InChI is InChI=1S/C26H25F3N6O3/c1-17-15-32-22(16-31-17)33-23-14-19(34-35(23)18-8-4-3-5-9-18)24-20(37-2)10-6-11-21(24)38-13-7-12-30-25(36)26(27,28)29/h3-6,8-11,14-16H,7,12-13H2,1-2H3,(H,30,36)(H,32,33). The van der Waals surface area contributed by atoms with E-state index in [1.165, 1.54) is 7.11 Å². The molecular formula is C26H25F3N6O3. The van der Waals surface area contributed by atoms with Crippen LogP contribution in [-0.4, -0.2) is 52.1 Å². The molecule has 0 saturated heterocycles. The molecular weight excluding hydrogens is 501 g/mol. The molecule has 2 aromatic carbocycles. The summed E-state index contributed by atoms with van der Waals surface area (Å²) in [7, 11) is 1.52. The third-order valence-corrected chi connectivity index (χ3v) is 5.33. The number of hydrogen-bond donors (Lipinski definition) is 2. The number of nitrogens with zero attached hydrogens (tertiary/aromatic N) is 4. The van der Waals surface area contributed by atoms with Crippen LogP contribution < -0.4 is 20.1 Å². The zero-order valence-electron chi connectivity index (χ0n) is 20.6. The lowest BCUT2D eigenvalue weighted by Crippen LogP contribution is -2.37. The second-order valence-electron chi connectivity index (χ2n) is 8.12. The van der Waals surface area contributed by atoms with Gasteiger partial charge in [-0.05, 0) is 37.6 Å². The van der Waals surface area contributed by atoms with Crippen molar-refractivity contribution in [2.45, 2.75) is 19.5 Å². The Hall–Kier alpha value is -4.61. The zero-order valence-corrected chi connectivity index (χ0v) is 20.6. The number of carbonyl (C=O) groups excluding carboxylic acids is 1. The van der Waals surface area contributed by atoms with Crippen LogP contribution in [0.4, 0.5) is 24.8 Å². The minimum Gasteiger partial charge on any atom is -0.496 e. The number of carbonyl (C=O) groups is 1. The van der Waals surface area contributed by atoms with E-state index >= 15 is 0 Å². The van der Waals surface area contributed by atoms with Gasteiger partial charge in [0.2, 0.25) is 0 Å². The SMILES string of the molecule is COc1cccc(OCCCNC(=O)C(F)(F)F)c1-c1cc(Nc2cnc(C)cn2)n(-c2ccccc2)n1. The van der Waals surface area contributed by atoms with E-state index in [4.69, 9.17) is 14.6 Å². The van der Waals surface area contributed by atoms with Gasteiger partial charge in [0.05, 0.1) is 43.1 Å². The Morgan fingerprint density at radius 3 is 2.47 bits per heavy atom. The van der Waals surface area contributed by atoms with Crippen LogP contribution in [0.15, 0.2) is 67.0 Å². The number of aryl methyl sites for hydroxylation is 1. The second-order valence-corrected chi connectivity index (χ2v) is 8.12. The number of halogens is 3. The third-order valence-electron chi connectivity index (χ3n) is 5.33. The summed E-state index contributed by atoms with van der Waals surface area (Å²) in [6.45, 7) is 1.71. The molecule has 0 unspecified atom stereocenters. The molecule has 38 heavy (non-hydrogen) atoms. The van der Waals surface area contributed by atoms with Crippen molar-refractivity contribution in [1.29, 1.82) is 0 Å². The number of para-hydroxylation sites is 1. The van der Waals surface area contributed by atoms with Gasteiger partial charge in [-0.1, -0.05) is 24.3 Å². The van der Waals surface area contributed by atoms with Crippen LogP contribution in [0.25, 0.3) is 16.9 Å². The molecule has 2 heterocycles. The van der Waals surface area contributed by atoms with E-state index in [2.05, 4.69) is 15.3 Å². The highest BCUT2D eigenvalue weighted by Crippen LogP contribution is 2.39. The lowest BCUT2D eigenvalue weighted by molar-refractivity contribution is -0.173. The van der Waals surface area contributed by atoms with Crippen LogP contribution in [0.2, 0.25) is 0 Å². The van der Waals surface area contributed by atoms with Gasteiger partial charge in [-0.15, -0.1) is 0 Å². The third kappa shape index (κ3) is 6.38. The fraction of sp³-hybridized carbons (Fsp3) is 0.231. The predicted molar refractivity (Wildman–Crippen MR) is 135 cm³/mol. The quantitative estimate of drug-likeness (QED) is 0.285. The number of nitrogens with one attached hydrogen (secondary N) is 2. The number of ether oxygens (including phenoxy) is 2. The lowest BCUT2D eigenvalue weighted by atomic mass is 10.1. The Morgan fingerprint density at radius 1 is 1.03 bits per heavy atom. The Bertz CT molecular complexity index is 1380. The summed E-state index contributed by atoms with van der Waals surface area (Å²) in [5.74, 6) is 0.0650. The fourth-order valence-corrected chi connectivity index (χ4v) is 3.56. The number of amides is 1. The molecule has 0 atom stereocenters. The second kappa shape index (κ2) is 11.6. The molecule has 1 amide bonds. The summed E-state index contributed by atoms with van der Waals surface area (Å²) < 4.78 is 50.3. The topological polar surface area (TPSA) is 103 Å². The van der Waals surface area contributed by atoms with E-state index in [0.717, 1.165) is 11.4 Å². The minimum atomic E-state index is -4.92. The Labute approximate surface area is 216 Å². The van der Waals surface area contributed by atoms with E-state index < -0.39 is 12.1 Å². The Balaban J connectivity index is 1.62. The molecule has 4 rings (SSSR count). The van der Waals surface area contributed by atoms with Crippen molar-refractivity contribution in [2.75, 3.05) is 25.6 Å². The van der Waals surface area contributed by atoms with E-state index in [-0.39, 0.29) is 19.6 Å². The number of rotatable bonds is 10. The van der Waals surface area contributed by atoms with Crippen molar-refractivity contribution in [1.82, 2.24) is 25.1 Å². The van der Waals surface area contributed by atoms with Crippen LogP contribution in [0, 0.1) is 6.92 Å². The number of benzene rings is 2. The predicted octanol–water partition coefficient (Wildman–Crippen LogP) is 4.84. The summed E-state index contributed by atoms with van der Waals surface area (Å²) in [4.78, 5) is 19.6. The number of alkyl halides is 3. The van der Waals surface area contributed by atoms with E-state index in [1.54, 1.807) is 35.3 Å². The van der Waals surface area contributed by atoms with Crippen LogP contribution in [0.1, 0.15) is 12.1 Å². The first-order chi connectivity index (χ1) is 18.3. The summed E-state index contributed by atoms with van der Waals surface area (Å²) >= 11 is 0. The van der Waals surface area contributed by atoms with Gasteiger partial charge < -0.3 is 20.1 Å². The summed E-state index contributed by atoms with van der Waals surface area (Å²) in [5.41, 5.74) is 2.65. The first-order valence-electron chi connectivity index (χ1n) is 11.6. The molecule has 0 aliphatic carbocycles. The average molecular weight is 527 g/mol. The lowest BCUT2D eigenvalue weighted by Gasteiger charge is -2.14. The van der Waals surface area contributed by atoms with Crippen molar-refractivity contribution in [2.24, 2.45) is 0 Å². The van der Waals surface area contributed by atoms with Gasteiger partial charge in [0.15, 0.2) is 0 Å². The molecule has 0 bridgehead atoms. The number of aromatic nitrogens is 4. The maximum absolute atomic E-state index is 12.4. The van der Waals surface area contributed by atoms with Gasteiger partial charge in [0, 0.05) is 12.6 Å². The molecule has 0 aliphatic heterocycles. The fourth-order valence-electron chi connectivity index (χ4n) is 3.56. The van der Waals surface area contributed by atoms with Crippen LogP contribution in [0.5, 0.6) is 11.5 Å². The smallest absolute Gasteiger partial charge is 0.471 e. The summed E-state index contributed by atoms with van der Waals surface area (Å²) in [5, 5.41) is 9.86. The molecule has 0 fully saturated rings. The first kappa shape index (κ1) is 26.5. The molecule has 0 saturated carbocycles. The van der Waals surface area contributed by atoms with Crippen LogP contribution in [0.3, 0.4) is 0 Å². The van der Waals surface area contributed by atoms with Crippen LogP contribution in [-0.2, 0) is 4.79 Å². The average Bonchev–Trinajstić information content (AvgIpc) is 3.32. The zero-order chi connectivity index (χ0) is 27.1. The van der Waals surface area contributed by atoms with Crippen LogP contribution >= 0.6 is 0 Å². The molecule has 4 aromatic rings. The molecule has 198 valence electrons. The maximum atomic E-state index is 12.4. The van der Waals surface area contributed by atoms with Crippen molar-refractivity contribution < 1.29 is 27.4 Å². The highest BCUT2D eigenvalue weighted by Gasteiger charge is 2.38. The minimum absolute atomic E-state index is 0.0573. The Morgan fingerprint density at radius 2 is 1.79 bits per heavy atom. The maximum Gasteiger partial charge on any atom is 0.471 e. The number of hydrogen-bond acceptors (Lipinski definition) is 7. The molecule has 0 radical (unpaired) electrons. The monoisotopic (exact) mass is 526 g/mol. The largest absolute Gasteiger partial charge is 0.496 e. The van der Waals surface area contributed by atoms with E-state index in [1.807, 2.05) is 48.6 Å². The molecule has 0 aliphatic rings. The van der Waals surface area contributed by atoms with Gasteiger partial charge >= 0.3 is 12.1 Å². The van der Waals surface area contributed by atoms with E-state index in [0.29, 0.717) is 34.4 Å². The molecule has 0 spiro atoms. The highest BCUT2D eigenvalue weighted by molar-refractivity contribution is 5.81. The first-order valence-corrected chi connectivity index (χ1v) is 11.6. The van der Waals surface area contributed by atoms with Crippen molar-refractivity contribution >= 4 is 17.5 Å². The summed E-state index contributed by atoms with van der Waals surface area (Å²) in [6.07, 6.45) is -1.49. The molecule has 2 N–H and O–H groups in total. The van der Waals surface area contributed by atoms with Crippen molar-refractivity contribution in [3.63, 3.8) is 0 Å². The van der Waals surface area contributed by atoms with Crippen molar-refractivity contribution in [3.8, 4) is 28.4 Å². The Kier molecular flexibility index (Phi) is 8.09. The molecule has 2 aromatic heterocycles. The number of methoxy groups -OCH3 is 1. The van der Waals surface area contributed by atoms with Gasteiger partial charge in [-0.2, -0.15) is 18.3 Å². The van der Waals surface area contributed by atoms with Gasteiger partial charge in [-0.3, -0.25) is 9.78 Å². The van der Waals surface area contributed by atoms with Crippen molar-refractivity contribution in [3.05, 3.63) is 72.7 Å². The number of anilines is 2. The molecule has 12 heteroatoms. The van der Waals surface area contributed by atoms with Gasteiger partial charge in [-0.25, -0.2) is 9.67 Å². The van der Waals surface area contributed by atoms with Gasteiger partial charge in [0.25, 0.3) is 0 Å². The highest BCUT2D eigenvalue weighted by atomic mass is 19.4. The van der Waals surface area contributed by atoms with Gasteiger partial charge in [0.1, 0.15) is 28.8 Å². The van der Waals surface area contributed by atoms with E-state index in [9.17, 15) is 18.0 Å².